The van der Waals surface area contributed by atoms with Crippen LogP contribution in [0.4, 0.5) is 5.69 Å². The highest BCUT2D eigenvalue weighted by Gasteiger charge is 2.27. The van der Waals surface area contributed by atoms with Gasteiger partial charge in [-0.25, -0.2) is 13.1 Å². The van der Waals surface area contributed by atoms with Gasteiger partial charge in [0, 0.05) is 23.8 Å². The van der Waals surface area contributed by atoms with Gasteiger partial charge in [0.25, 0.3) is 0 Å². The lowest BCUT2D eigenvalue weighted by Crippen LogP contribution is -2.33. The number of sulfonamides is 1. The summed E-state index contributed by atoms with van der Waals surface area (Å²) in [6.07, 6.45) is 2.71. The second-order valence-electron chi connectivity index (χ2n) is 8.66. The number of nitrogens with one attached hydrogen (secondary N) is 1. The maximum absolute atomic E-state index is 12.4. The van der Waals surface area contributed by atoms with Gasteiger partial charge < -0.3 is 15.6 Å². The molecule has 0 saturated carbocycles. The number of anilines is 1. The van der Waals surface area contributed by atoms with Crippen LogP contribution in [0.1, 0.15) is 50.3 Å². The molecule has 4 N–H and O–H groups in total. The number of nitrogens with zero attached hydrogens (tertiary/aromatic N) is 2. The maximum Gasteiger partial charge on any atom is 0.212 e. The first-order valence-electron chi connectivity index (χ1n) is 11.4. The number of aromatic nitrogens is 2. The summed E-state index contributed by atoms with van der Waals surface area (Å²) in [5, 5.41) is 19.4. The number of benzene rings is 2. The molecule has 2 aromatic carbocycles. The van der Waals surface area contributed by atoms with Crippen molar-refractivity contribution >= 4 is 27.0 Å². The van der Waals surface area contributed by atoms with Crippen LogP contribution in [-0.2, 0) is 16.4 Å². The SMILES string of the molecule is CC(C)Oc1ccc(-c2nnc(-c3cccc4c3CCCC4NS(=O)(=O)CCCO)s2)cc1N. The molecule has 182 valence electrons. The van der Waals surface area contributed by atoms with E-state index in [0.717, 1.165) is 51.5 Å². The van der Waals surface area contributed by atoms with Gasteiger partial charge in [-0.15, -0.1) is 10.2 Å². The Balaban J connectivity index is 1.61. The first kappa shape index (κ1) is 24.6. The monoisotopic (exact) mass is 502 g/mol. The number of aliphatic hydroxyl groups excluding tert-OH is 1. The lowest BCUT2D eigenvalue weighted by Gasteiger charge is -2.27. The zero-order valence-electron chi connectivity index (χ0n) is 19.3. The molecule has 0 bridgehead atoms. The molecule has 10 heteroatoms. The Morgan fingerprint density at radius 1 is 1.24 bits per heavy atom. The van der Waals surface area contributed by atoms with Crippen LogP contribution < -0.4 is 15.2 Å². The predicted octanol–water partition coefficient (Wildman–Crippen LogP) is 3.92. The highest BCUT2D eigenvalue weighted by Crippen LogP contribution is 2.39. The first-order chi connectivity index (χ1) is 16.3. The molecule has 0 fully saturated rings. The Labute approximate surface area is 204 Å². The van der Waals surface area contributed by atoms with Gasteiger partial charge >= 0.3 is 0 Å². The summed E-state index contributed by atoms with van der Waals surface area (Å²) in [6.45, 7) is 3.76. The summed E-state index contributed by atoms with van der Waals surface area (Å²) in [5.41, 5.74) is 10.7. The number of aliphatic hydroxyl groups is 1. The van der Waals surface area contributed by atoms with Crippen LogP contribution in [0, 0.1) is 0 Å². The fourth-order valence-electron chi connectivity index (χ4n) is 4.19. The molecule has 1 heterocycles. The van der Waals surface area contributed by atoms with Gasteiger partial charge in [0.1, 0.15) is 15.8 Å². The molecule has 0 saturated heterocycles. The summed E-state index contributed by atoms with van der Waals surface area (Å²) in [6, 6.07) is 11.3. The van der Waals surface area contributed by atoms with Crippen molar-refractivity contribution in [3.63, 3.8) is 0 Å². The molecular weight excluding hydrogens is 472 g/mol. The van der Waals surface area contributed by atoms with Crippen molar-refractivity contribution in [2.45, 2.75) is 51.7 Å². The van der Waals surface area contributed by atoms with Crippen LogP contribution in [0.5, 0.6) is 5.75 Å². The fraction of sp³-hybridized carbons (Fsp3) is 0.417. The minimum atomic E-state index is -3.47. The normalized spacial score (nSPS) is 15.9. The maximum atomic E-state index is 12.4. The zero-order chi connectivity index (χ0) is 24.3. The van der Waals surface area contributed by atoms with E-state index in [9.17, 15) is 8.42 Å². The molecule has 0 aliphatic heterocycles. The quantitative estimate of drug-likeness (QED) is 0.378. The van der Waals surface area contributed by atoms with Crippen molar-refractivity contribution in [3.05, 3.63) is 47.5 Å². The number of ether oxygens (including phenoxy) is 1. The van der Waals surface area contributed by atoms with E-state index >= 15 is 0 Å². The number of hydrogen-bond acceptors (Lipinski definition) is 8. The van der Waals surface area contributed by atoms with Gasteiger partial charge in [0.05, 0.1) is 17.5 Å². The number of nitrogens with two attached hydrogens (primary N) is 1. The minimum absolute atomic E-state index is 0.0357. The van der Waals surface area contributed by atoms with E-state index in [1.54, 1.807) is 0 Å². The third kappa shape index (κ3) is 5.57. The standard InChI is InChI=1S/C24H30N4O4S2/c1-15(2)32-22-11-10-16(14-20(22)25)23-26-27-24(33-23)19-8-3-7-18-17(19)6-4-9-21(18)28-34(30,31)13-5-12-29/h3,7-8,10-11,14-15,21,28-29H,4-6,9,12-13,25H2,1-2H3. The molecule has 1 unspecified atom stereocenters. The van der Waals surface area contributed by atoms with Crippen LogP contribution in [0.25, 0.3) is 21.1 Å². The summed E-state index contributed by atoms with van der Waals surface area (Å²) in [7, 11) is -3.47. The van der Waals surface area contributed by atoms with Crippen molar-refractivity contribution in [1.29, 1.82) is 0 Å². The molecule has 0 amide bonds. The van der Waals surface area contributed by atoms with Gasteiger partial charge in [-0.1, -0.05) is 29.5 Å². The van der Waals surface area contributed by atoms with E-state index in [0.29, 0.717) is 11.4 Å². The third-order valence-electron chi connectivity index (χ3n) is 5.68. The summed E-state index contributed by atoms with van der Waals surface area (Å²) in [4.78, 5) is 0. The van der Waals surface area contributed by atoms with Crippen LogP contribution in [-0.4, -0.2) is 42.2 Å². The van der Waals surface area contributed by atoms with E-state index in [1.807, 2.05) is 50.2 Å². The zero-order valence-corrected chi connectivity index (χ0v) is 21.0. The molecule has 4 rings (SSSR count). The van der Waals surface area contributed by atoms with Crippen molar-refractivity contribution in [3.8, 4) is 26.9 Å². The minimum Gasteiger partial charge on any atom is -0.489 e. The van der Waals surface area contributed by atoms with Gasteiger partial charge in [-0.3, -0.25) is 0 Å². The molecule has 3 aromatic rings. The Morgan fingerprint density at radius 3 is 2.76 bits per heavy atom. The highest BCUT2D eigenvalue weighted by atomic mass is 32.2. The average Bonchev–Trinajstić information content (AvgIpc) is 3.28. The van der Waals surface area contributed by atoms with Crippen molar-refractivity contribution < 1.29 is 18.3 Å². The molecule has 1 aromatic heterocycles. The second kappa shape index (κ2) is 10.4. The number of rotatable bonds is 9. The lowest BCUT2D eigenvalue weighted by molar-refractivity contribution is 0.244. The Bertz CT molecular complexity index is 1260. The molecule has 1 aliphatic rings. The van der Waals surface area contributed by atoms with Gasteiger partial charge in [0.15, 0.2) is 0 Å². The van der Waals surface area contributed by atoms with Gasteiger partial charge in [-0.2, -0.15) is 0 Å². The highest BCUT2D eigenvalue weighted by molar-refractivity contribution is 7.89. The number of fused-ring (bicyclic) bond motifs is 1. The van der Waals surface area contributed by atoms with E-state index in [2.05, 4.69) is 14.9 Å². The van der Waals surface area contributed by atoms with Gasteiger partial charge in [0.2, 0.25) is 10.0 Å². The predicted molar refractivity (Wildman–Crippen MR) is 135 cm³/mol. The van der Waals surface area contributed by atoms with Crippen LogP contribution >= 0.6 is 11.3 Å². The van der Waals surface area contributed by atoms with E-state index in [4.69, 9.17) is 15.6 Å². The summed E-state index contributed by atoms with van der Waals surface area (Å²) < 4.78 is 33.4. The van der Waals surface area contributed by atoms with Crippen LogP contribution in [0.2, 0.25) is 0 Å². The molecule has 1 aliphatic carbocycles. The van der Waals surface area contributed by atoms with Crippen molar-refractivity contribution in [1.82, 2.24) is 14.9 Å². The molecular formula is C24H30N4O4S2. The van der Waals surface area contributed by atoms with E-state index < -0.39 is 10.0 Å². The number of nitrogen functional groups attached to an aromatic ring is 1. The summed E-state index contributed by atoms with van der Waals surface area (Å²) >= 11 is 1.48. The number of hydrogen-bond donors (Lipinski definition) is 3. The van der Waals surface area contributed by atoms with E-state index in [-0.39, 0.29) is 30.9 Å². The molecule has 8 nitrogen and oxygen atoms in total. The van der Waals surface area contributed by atoms with Gasteiger partial charge in [-0.05, 0) is 68.9 Å². The molecule has 1 atom stereocenters. The Hall–Kier alpha value is -2.53. The van der Waals surface area contributed by atoms with Crippen molar-refractivity contribution in [2.75, 3.05) is 18.1 Å². The largest absolute Gasteiger partial charge is 0.489 e. The third-order valence-corrected chi connectivity index (χ3v) is 8.15. The molecule has 34 heavy (non-hydrogen) atoms. The smallest absolute Gasteiger partial charge is 0.212 e. The van der Waals surface area contributed by atoms with Crippen LogP contribution in [0.15, 0.2) is 36.4 Å². The Kier molecular flexibility index (Phi) is 7.51. The van der Waals surface area contributed by atoms with Crippen LogP contribution in [0.3, 0.4) is 0 Å². The Morgan fingerprint density at radius 2 is 2.03 bits per heavy atom. The first-order valence-corrected chi connectivity index (χ1v) is 13.9. The topological polar surface area (TPSA) is 127 Å². The second-order valence-corrected chi connectivity index (χ2v) is 11.5. The summed E-state index contributed by atoms with van der Waals surface area (Å²) in [5.74, 6) is 0.562. The lowest BCUT2D eigenvalue weighted by atomic mass is 9.85. The average molecular weight is 503 g/mol. The fourth-order valence-corrected chi connectivity index (χ4v) is 6.39. The molecule has 0 radical (unpaired) electrons. The van der Waals surface area contributed by atoms with Crippen molar-refractivity contribution in [2.24, 2.45) is 0 Å². The molecule has 0 spiro atoms. The van der Waals surface area contributed by atoms with E-state index in [1.165, 1.54) is 11.3 Å².